The number of phenols is 1. The van der Waals surface area contributed by atoms with Gasteiger partial charge in [0.1, 0.15) is 5.75 Å². The van der Waals surface area contributed by atoms with Gasteiger partial charge in [0.05, 0.1) is 5.56 Å². The number of hydrogen-bond acceptors (Lipinski definition) is 2. The number of aromatic hydroxyl groups is 1. The molecule has 2 aromatic carbocycles. The molecule has 0 heterocycles. The summed E-state index contributed by atoms with van der Waals surface area (Å²) in [5.41, 5.74) is 8.71. The monoisotopic (exact) mass is 237 g/mol. The van der Waals surface area contributed by atoms with Crippen LogP contribution < -0.4 is 0 Å². The average Bonchev–Trinajstić information content (AvgIpc) is 2.41. The highest BCUT2D eigenvalue weighted by Crippen LogP contribution is 2.27. The Morgan fingerprint density at radius 3 is 2.89 bits per heavy atom. The fourth-order valence-corrected chi connectivity index (χ4v) is 1.66. The van der Waals surface area contributed by atoms with Crippen LogP contribution >= 0.6 is 0 Å². The van der Waals surface area contributed by atoms with Crippen LogP contribution in [0, 0.1) is 11.8 Å². The van der Waals surface area contributed by atoms with Crippen molar-refractivity contribution in [2.45, 2.75) is 6.42 Å². The molecule has 0 saturated heterocycles. The second-order valence-corrected chi connectivity index (χ2v) is 3.69. The topological polar surface area (TPSA) is 69.0 Å². The summed E-state index contributed by atoms with van der Waals surface area (Å²) in [6.45, 7) is 0.345. The van der Waals surface area contributed by atoms with E-state index in [2.05, 4.69) is 21.9 Å². The van der Waals surface area contributed by atoms with Gasteiger partial charge < -0.3 is 5.11 Å². The van der Waals surface area contributed by atoms with E-state index in [1.165, 1.54) is 0 Å². The third-order valence-electron chi connectivity index (χ3n) is 2.52. The molecule has 0 aromatic heterocycles. The average molecular weight is 237 g/mol. The third kappa shape index (κ3) is 2.54. The van der Waals surface area contributed by atoms with Gasteiger partial charge in [-0.25, -0.2) is 0 Å². The van der Waals surface area contributed by atoms with Crippen LogP contribution in [0.3, 0.4) is 0 Å². The van der Waals surface area contributed by atoms with Crippen LogP contribution in [0.2, 0.25) is 0 Å². The minimum Gasteiger partial charge on any atom is -0.506 e. The molecule has 0 unspecified atom stereocenters. The Kier molecular flexibility index (Phi) is 3.70. The van der Waals surface area contributed by atoms with Gasteiger partial charge >= 0.3 is 0 Å². The van der Waals surface area contributed by atoms with E-state index in [0.29, 0.717) is 18.5 Å². The molecule has 0 spiro atoms. The van der Waals surface area contributed by atoms with E-state index in [9.17, 15) is 5.11 Å². The van der Waals surface area contributed by atoms with Crippen molar-refractivity contribution in [1.82, 2.24) is 0 Å². The Labute approximate surface area is 105 Å². The molecule has 0 bridgehead atoms. The summed E-state index contributed by atoms with van der Waals surface area (Å²) in [7, 11) is 0. The Hall–Kier alpha value is -2.63. The number of azide groups is 1. The van der Waals surface area contributed by atoms with E-state index in [4.69, 9.17) is 5.53 Å². The number of phenolic OH excluding ortho intramolecular Hbond substituents is 1. The molecule has 0 aliphatic heterocycles. The van der Waals surface area contributed by atoms with Crippen molar-refractivity contribution in [3.05, 3.63) is 52.4 Å². The highest BCUT2D eigenvalue weighted by atomic mass is 16.3. The smallest absolute Gasteiger partial charge is 0.139 e. The molecule has 0 atom stereocenters. The predicted octanol–water partition coefficient (Wildman–Crippen LogP) is 3.60. The molecule has 0 saturated carbocycles. The van der Waals surface area contributed by atoms with Gasteiger partial charge in [0.25, 0.3) is 0 Å². The van der Waals surface area contributed by atoms with Gasteiger partial charge in [0, 0.05) is 23.3 Å². The Bertz CT molecular complexity index is 676. The maximum atomic E-state index is 10.1. The van der Waals surface area contributed by atoms with Gasteiger partial charge in [-0.15, -0.1) is 0 Å². The van der Waals surface area contributed by atoms with Gasteiger partial charge in [0.2, 0.25) is 0 Å². The summed E-state index contributed by atoms with van der Waals surface area (Å²) in [6.07, 6.45) is 0.482. The van der Waals surface area contributed by atoms with Gasteiger partial charge in [0.15, 0.2) is 0 Å². The van der Waals surface area contributed by atoms with Gasteiger partial charge in [-0.05, 0) is 17.0 Å². The molecule has 18 heavy (non-hydrogen) atoms. The van der Waals surface area contributed by atoms with E-state index in [-0.39, 0.29) is 5.75 Å². The molecule has 0 amide bonds. The molecule has 0 fully saturated rings. The minimum absolute atomic E-state index is 0.199. The Morgan fingerprint density at radius 2 is 2.06 bits per heavy atom. The first-order valence-electron chi connectivity index (χ1n) is 5.53. The summed E-state index contributed by atoms with van der Waals surface area (Å²) in [5.74, 6) is 5.95. The van der Waals surface area contributed by atoms with Crippen molar-refractivity contribution in [2.75, 3.05) is 6.54 Å². The lowest BCUT2D eigenvalue weighted by Crippen LogP contribution is -1.80. The van der Waals surface area contributed by atoms with Crippen molar-refractivity contribution in [3.8, 4) is 17.6 Å². The lowest BCUT2D eigenvalue weighted by atomic mass is 10.1. The van der Waals surface area contributed by atoms with E-state index in [1.807, 2.05) is 30.3 Å². The molecule has 88 valence electrons. The summed E-state index contributed by atoms with van der Waals surface area (Å²) in [4.78, 5) is 2.65. The van der Waals surface area contributed by atoms with Crippen LogP contribution in [0.4, 0.5) is 0 Å². The fraction of sp³-hybridized carbons (Fsp3) is 0.143. The van der Waals surface area contributed by atoms with E-state index < -0.39 is 0 Å². The fourth-order valence-electron chi connectivity index (χ4n) is 1.66. The zero-order valence-electron chi connectivity index (χ0n) is 9.67. The van der Waals surface area contributed by atoms with E-state index >= 15 is 0 Å². The van der Waals surface area contributed by atoms with Gasteiger partial charge in [-0.1, -0.05) is 47.3 Å². The maximum absolute atomic E-state index is 10.1. The Balaban J connectivity index is 2.29. The van der Waals surface area contributed by atoms with Crippen molar-refractivity contribution in [2.24, 2.45) is 5.11 Å². The van der Waals surface area contributed by atoms with E-state index in [1.54, 1.807) is 6.07 Å². The number of fused-ring (bicyclic) bond motifs is 1. The van der Waals surface area contributed by atoms with Crippen LogP contribution in [0.5, 0.6) is 5.75 Å². The largest absolute Gasteiger partial charge is 0.506 e. The van der Waals surface area contributed by atoms with Crippen LogP contribution in [0.15, 0.2) is 41.5 Å². The maximum Gasteiger partial charge on any atom is 0.139 e. The summed E-state index contributed by atoms with van der Waals surface area (Å²) >= 11 is 0. The summed E-state index contributed by atoms with van der Waals surface area (Å²) in [5, 5.41) is 15.2. The van der Waals surface area contributed by atoms with E-state index in [0.717, 1.165) is 10.8 Å². The molecule has 0 radical (unpaired) electrons. The van der Waals surface area contributed by atoms with Crippen LogP contribution in [0.25, 0.3) is 21.2 Å². The zero-order chi connectivity index (χ0) is 12.8. The van der Waals surface area contributed by atoms with Crippen LogP contribution in [-0.4, -0.2) is 11.7 Å². The second-order valence-electron chi connectivity index (χ2n) is 3.69. The molecular weight excluding hydrogens is 226 g/mol. The number of benzene rings is 2. The van der Waals surface area contributed by atoms with Crippen molar-refractivity contribution in [1.29, 1.82) is 0 Å². The lowest BCUT2D eigenvalue weighted by molar-refractivity contribution is 0.480. The first-order chi connectivity index (χ1) is 8.83. The normalized spacial score (nSPS) is 9.33. The highest BCUT2D eigenvalue weighted by Gasteiger charge is 2.02. The summed E-state index contributed by atoms with van der Waals surface area (Å²) < 4.78 is 0. The minimum atomic E-state index is 0.199. The third-order valence-corrected chi connectivity index (χ3v) is 2.52. The highest BCUT2D eigenvalue weighted by molar-refractivity contribution is 5.90. The van der Waals surface area contributed by atoms with Crippen LogP contribution in [-0.2, 0) is 0 Å². The zero-order valence-corrected chi connectivity index (χ0v) is 9.67. The lowest BCUT2D eigenvalue weighted by Gasteiger charge is -2.02. The molecule has 4 heteroatoms. The molecule has 2 aromatic rings. The summed E-state index contributed by atoms with van der Waals surface area (Å²) in [6, 6.07) is 11.3. The molecular formula is C14H11N3O. The quantitative estimate of drug-likeness (QED) is 0.280. The van der Waals surface area contributed by atoms with Crippen molar-refractivity contribution < 1.29 is 5.11 Å². The van der Waals surface area contributed by atoms with Crippen molar-refractivity contribution in [3.63, 3.8) is 0 Å². The number of hydrogen-bond donors (Lipinski definition) is 1. The Morgan fingerprint density at radius 1 is 1.22 bits per heavy atom. The van der Waals surface area contributed by atoms with Crippen LogP contribution in [0.1, 0.15) is 12.0 Å². The number of rotatable bonds is 2. The molecule has 0 aliphatic rings. The molecule has 1 N–H and O–H groups in total. The molecule has 0 aliphatic carbocycles. The van der Waals surface area contributed by atoms with Gasteiger partial charge in [-0.3, -0.25) is 0 Å². The SMILES string of the molecule is [N-]=[N+]=NCCC#Cc1ccc2ccccc2c1O. The first-order valence-corrected chi connectivity index (χ1v) is 5.53. The number of nitrogens with zero attached hydrogens (tertiary/aromatic N) is 3. The molecule has 2 rings (SSSR count). The second kappa shape index (κ2) is 5.62. The van der Waals surface area contributed by atoms with Crippen molar-refractivity contribution >= 4 is 10.8 Å². The van der Waals surface area contributed by atoms with Gasteiger partial charge in [-0.2, -0.15) is 0 Å². The standard InChI is InChI=1S/C14H11N3O/c15-17-16-10-4-3-6-12-9-8-11-5-1-2-7-13(11)14(12)18/h1-2,5,7-9,18H,4,10H2. The predicted molar refractivity (Wildman–Crippen MR) is 71.1 cm³/mol. The molecule has 4 nitrogen and oxygen atoms in total. The first kappa shape index (κ1) is 11.8.